The Morgan fingerprint density at radius 3 is 1.98 bits per heavy atom. The van der Waals surface area contributed by atoms with Gasteiger partial charge in [-0.1, -0.05) is 53.6 Å². The molecule has 488 valence electrons. The van der Waals surface area contributed by atoms with E-state index in [0.717, 1.165) is 52.2 Å². The van der Waals surface area contributed by atoms with Gasteiger partial charge in [0.1, 0.15) is 42.0 Å². The summed E-state index contributed by atoms with van der Waals surface area (Å²) >= 11 is 0.0533. The lowest BCUT2D eigenvalue weighted by molar-refractivity contribution is -0.433. The van der Waals surface area contributed by atoms with Gasteiger partial charge in [0.25, 0.3) is 18.2 Å². The van der Waals surface area contributed by atoms with Crippen LogP contribution < -0.4 is 41.2 Å². The van der Waals surface area contributed by atoms with Crippen molar-refractivity contribution in [2.75, 3.05) is 26.2 Å². The standard InChI is InChI=1S/C59H70N10O21S/c1-4-19-86-38-16-14-32(15-17-38)31-6-10-34(11-7-31)56-66-67-57(87-56)35-12-8-33(9-13-35)51(78)62-39-22-36(71)25-61-55(82)49-50(77)28(2)26-69(49)59(84)48(43(75)24-45(60)76)65-54(81)47(42(74)20-30-5-18-41(73)44(21-30)88-91-90-89-85)64-53(80)40-23-37(72)27-68(40)58(83)46(29(3)70)63-52(39)79/h5-18,21,28-29,36-37,39-40,42-43,46-50,70-75,77,85H,4,19-20,22-27H2,1-3H3,(H2,60,76)(H,61,82)(H,62,78)(H,63,79)(H,64,80)(H,65,81)/t28?,29?,36?,37?,39-,40?,42?,43?,46?,47?,48?,49?,50?/m0/s1. The highest BCUT2D eigenvalue weighted by Gasteiger charge is 2.50. The minimum Gasteiger partial charge on any atom is -0.504 e. The summed E-state index contributed by atoms with van der Waals surface area (Å²) in [6.45, 7) is 3.45. The third-order valence-electron chi connectivity index (χ3n) is 15.4. The first-order chi connectivity index (χ1) is 43.4. The first kappa shape index (κ1) is 68.1. The number of aliphatic hydroxyl groups excluding tert-OH is 6. The number of nitrogens with one attached hydrogen (secondary N) is 5. The molecule has 4 heterocycles. The molecule has 0 saturated carbocycles. The lowest BCUT2D eigenvalue weighted by Gasteiger charge is -2.33. The summed E-state index contributed by atoms with van der Waals surface area (Å²) in [5, 5.41) is 111. The minimum absolute atomic E-state index is 0.0457. The van der Waals surface area contributed by atoms with E-state index in [1.807, 2.05) is 55.5 Å². The molecule has 0 spiro atoms. The number of aromatic hydroxyl groups is 1. The minimum atomic E-state index is -2.23. The summed E-state index contributed by atoms with van der Waals surface area (Å²) in [4.78, 5) is 115. The number of ether oxygens (including phenoxy) is 1. The Labute approximate surface area is 523 Å². The maximum absolute atomic E-state index is 14.7. The second kappa shape index (κ2) is 30.8. The Kier molecular flexibility index (Phi) is 23.0. The number of phenolic OH excluding ortho intramolecular Hbond substituents is 1. The zero-order valence-corrected chi connectivity index (χ0v) is 50.0. The van der Waals surface area contributed by atoms with Crippen LogP contribution in [0.2, 0.25) is 0 Å². The number of aromatic nitrogens is 2. The van der Waals surface area contributed by atoms with Crippen molar-refractivity contribution in [3.05, 3.63) is 102 Å². The fourth-order valence-corrected chi connectivity index (χ4v) is 10.9. The van der Waals surface area contributed by atoms with Crippen LogP contribution in [0.4, 0.5) is 0 Å². The third kappa shape index (κ3) is 17.0. The summed E-state index contributed by atoms with van der Waals surface area (Å²) < 4.78 is 21.0. The highest BCUT2D eigenvalue weighted by atomic mass is 32.2. The molecule has 91 heavy (non-hydrogen) atoms. The van der Waals surface area contributed by atoms with Crippen LogP contribution in [0.5, 0.6) is 17.2 Å². The van der Waals surface area contributed by atoms with Crippen molar-refractivity contribution >= 4 is 59.6 Å². The number of benzene rings is 4. The highest BCUT2D eigenvalue weighted by Crippen LogP contribution is 2.33. The summed E-state index contributed by atoms with van der Waals surface area (Å²) in [5.41, 5.74) is 8.35. The molecule has 0 aliphatic carbocycles. The number of carbonyl (C=O) groups excluding carboxylic acids is 8. The summed E-state index contributed by atoms with van der Waals surface area (Å²) in [7, 11) is 0. The first-order valence-electron chi connectivity index (χ1n) is 28.8. The molecule has 12 unspecified atom stereocenters. The monoisotopic (exact) mass is 1290 g/mol. The van der Waals surface area contributed by atoms with Gasteiger partial charge in [-0.25, -0.2) is 5.26 Å². The molecule has 0 radical (unpaired) electrons. The quantitative estimate of drug-likeness (QED) is 0.0199. The molecular weight excluding hydrogens is 1220 g/mol. The van der Waals surface area contributed by atoms with Crippen molar-refractivity contribution < 1.29 is 102 Å². The number of carbonyl (C=O) groups is 8. The van der Waals surface area contributed by atoms with E-state index < -0.39 is 177 Å². The number of nitrogens with zero attached hydrogens (tertiary/aromatic N) is 4. The number of amides is 8. The first-order valence-corrected chi connectivity index (χ1v) is 29.5. The van der Waals surface area contributed by atoms with Crippen LogP contribution in [0.3, 0.4) is 0 Å². The smallest absolute Gasteiger partial charge is 0.261 e. The number of nitrogens with two attached hydrogens (primary N) is 1. The summed E-state index contributed by atoms with van der Waals surface area (Å²) in [5.74, 6) is -10.2. The van der Waals surface area contributed by atoms with Crippen molar-refractivity contribution in [3.63, 3.8) is 0 Å². The van der Waals surface area contributed by atoms with Gasteiger partial charge < -0.3 is 91.2 Å². The Morgan fingerprint density at radius 1 is 0.747 bits per heavy atom. The van der Waals surface area contributed by atoms with E-state index in [-0.39, 0.29) is 41.0 Å². The van der Waals surface area contributed by atoms with Crippen LogP contribution in [0.1, 0.15) is 62.4 Å². The largest absolute Gasteiger partial charge is 0.504 e. The van der Waals surface area contributed by atoms with Gasteiger partial charge in [0.05, 0.1) is 49.7 Å². The lowest BCUT2D eigenvalue weighted by atomic mass is 9.98. The molecular formula is C59H70N10O21S. The van der Waals surface area contributed by atoms with Gasteiger partial charge in [-0.15, -0.1) is 10.2 Å². The van der Waals surface area contributed by atoms with E-state index >= 15 is 0 Å². The van der Waals surface area contributed by atoms with Crippen molar-refractivity contribution in [3.8, 4) is 51.3 Å². The van der Waals surface area contributed by atoms with Crippen molar-refractivity contribution in [1.29, 1.82) is 0 Å². The maximum Gasteiger partial charge on any atom is 0.261 e. The van der Waals surface area contributed by atoms with E-state index in [2.05, 4.69) is 46.2 Å². The topological polar surface area (TPSA) is 467 Å². The lowest BCUT2D eigenvalue weighted by Crippen LogP contribution is -2.64. The Bertz CT molecular complexity index is 3400. The van der Waals surface area contributed by atoms with Gasteiger partial charge in [-0.3, -0.25) is 38.4 Å². The van der Waals surface area contributed by atoms with Crippen LogP contribution in [-0.4, -0.2) is 207 Å². The van der Waals surface area contributed by atoms with Crippen LogP contribution in [0.15, 0.2) is 95.4 Å². The van der Waals surface area contributed by atoms with E-state index in [1.54, 1.807) is 0 Å². The third-order valence-corrected chi connectivity index (χ3v) is 15.8. The van der Waals surface area contributed by atoms with E-state index in [1.165, 1.54) is 37.3 Å². The normalized spacial score (nSPS) is 24.7. The SMILES string of the molecule is CCCOc1ccc(-c2ccc(-c3nnc(-c4ccc(C(=O)N[C@H]5CC(O)CNC(=O)C6C(O)C(C)CN6C(=O)C(C(O)CC(N)=O)NC(=O)C(C(O)Cc6ccc(O)c(OSOOO)c6)NC(=O)C6CC(O)CN6C(=O)C(C(C)O)NC5=O)cc4)o3)cc2)cc1. The predicted molar refractivity (Wildman–Crippen MR) is 316 cm³/mol. The van der Waals surface area contributed by atoms with Gasteiger partial charge in [0.2, 0.25) is 53.1 Å². The fourth-order valence-electron chi connectivity index (χ4n) is 10.6. The zero-order chi connectivity index (χ0) is 65.8. The molecule has 1 aromatic heterocycles. The molecule has 13 atom stereocenters. The molecule has 3 aliphatic rings. The van der Waals surface area contributed by atoms with Crippen LogP contribution in [-0.2, 0) is 49.4 Å². The molecule has 3 fully saturated rings. The molecule has 15 N–H and O–H groups in total. The molecule has 32 heteroatoms. The second-order valence-electron chi connectivity index (χ2n) is 22.2. The van der Waals surface area contributed by atoms with Crippen LogP contribution in [0.25, 0.3) is 34.0 Å². The highest BCUT2D eigenvalue weighted by molar-refractivity contribution is 7.90. The number of aliphatic hydroxyl groups is 6. The van der Waals surface area contributed by atoms with E-state index in [4.69, 9.17) is 24.3 Å². The average molecular weight is 1290 g/mol. The second-order valence-corrected chi connectivity index (χ2v) is 22.6. The van der Waals surface area contributed by atoms with Gasteiger partial charge >= 0.3 is 0 Å². The predicted octanol–water partition coefficient (Wildman–Crippen LogP) is -1.25. The number of primary amides is 1. The molecule has 4 aromatic carbocycles. The van der Waals surface area contributed by atoms with E-state index in [9.17, 15) is 74.1 Å². The van der Waals surface area contributed by atoms with Gasteiger partial charge in [-0.05, 0) is 90.7 Å². The molecule has 8 rings (SSSR count). The van der Waals surface area contributed by atoms with Gasteiger partial charge in [0, 0.05) is 61.5 Å². The number of fused-ring (bicyclic) bond motifs is 2. The van der Waals surface area contributed by atoms with Crippen LogP contribution in [0, 0.1) is 5.92 Å². The number of rotatable bonds is 19. The van der Waals surface area contributed by atoms with Crippen molar-refractivity contribution in [1.82, 2.24) is 46.6 Å². The molecule has 3 aliphatic heterocycles. The van der Waals surface area contributed by atoms with E-state index in [0.29, 0.717) is 17.7 Å². The number of hydrogen-bond acceptors (Lipinski definition) is 24. The number of β-amino-alcohol motifs (C(OH)–C–C–N with tert-alkyl or cyclic N) is 1. The molecule has 5 aromatic rings. The molecule has 8 amide bonds. The molecule has 31 nitrogen and oxygen atoms in total. The van der Waals surface area contributed by atoms with Gasteiger partial charge in [0.15, 0.2) is 11.5 Å². The summed E-state index contributed by atoms with van der Waals surface area (Å²) in [6, 6.07) is 12.6. The zero-order valence-electron chi connectivity index (χ0n) is 49.2. The Hall–Kier alpha value is -8.83. The fraction of sp³-hybridized carbons (Fsp3) is 0.424. The Balaban J connectivity index is 1.07. The Morgan fingerprint density at radius 2 is 1.35 bits per heavy atom. The molecule has 3 saturated heterocycles. The van der Waals surface area contributed by atoms with Crippen molar-refractivity contribution in [2.24, 2.45) is 11.7 Å². The summed E-state index contributed by atoms with van der Waals surface area (Å²) in [6.07, 6.45) is -12.8. The van der Waals surface area contributed by atoms with Crippen LogP contribution >= 0.6 is 12.3 Å². The number of hydrogen-bond donors (Lipinski definition) is 14. The van der Waals surface area contributed by atoms with Crippen molar-refractivity contribution in [2.45, 2.75) is 126 Å². The average Bonchev–Trinajstić information content (AvgIpc) is 1.72. The molecule has 0 bridgehead atoms. The number of phenols is 1. The van der Waals surface area contributed by atoms with Gasteiger partial charge in [-0.2, -0.15) is 0 Å². The maximum atomic E-state index is 14.7.